The summed E-state index contributed by atoms with van der Waals surface area (Å²) in [6, 6.07) is 7.94. The molecule has 3 aromatic carbocycles. The number of piperidine rings is 1. The number of amides is 14. The summed E-state index contributed by atoms with van der Waals surface area (Å²) in [6.45, 7) is 15.7. The normalized spacial score (nSPS) is 25.5. The van der Waals surface area contributed by atoms with Gasteiger partial charge in [0, 0.05) is 95.8 Å². The SMILES string of the molecule is CC(C)C[C@H]1C(=O)N(C)[C@@H](C)C(=O)N[C@H](C(=O)N(C)[C@@H](Cc2ccccc2)C(=O)N[C@@H](C)C(=O)N2CCCCC2)CC(=O)N(C)[C@H](C)C(=O)N(C)[C@@H](C)C(=O)N[C@@H](C)C(=O)N(C)[C@@H](Cc2ccccc2)C(=O)N(C)[C@@H](C)C(=O)N(C)[C@@H](Cc2ccccc2)C(=O)N[C@@H]([C@@H](C)O)C(=O)N(C)[C@@H](C)C(=O)N1C. The number of nitrogens with one attached hydrogen (secondary N) is 4. The van der Waals surface area contributed by atoms with Crippen molar-refractivity contribution in [3.8, 4) is 0 Å². The maximum Gasteiger partial charge on any atom is 0.248 e. The van der Waals surface area contributed by atoms with Gasteiger partial charge in [0.1, 0.15) is 78.5 Å². The fraction of sp³-hybridized carbons (Fsp3) is 0.579. The lowest BCUT2D eigenvalue weighted by molar-refractivity contribution is -0.153. The van der Waals surface area contributed by atoms with Crippen LogP contribution in [0.5, 0.6) is 0 Å². The molecule has 2 aliphatic rings. The molecule has 0 saturated carbocycles. The van der Waals surface area contributed by atoms with Gasteiger partial charge in [0.05, 0.1) is 12.5 Å². The Morgan fingerprint density at radius 3 is 1.38 bits per heavy atom. The molecule has 5 rings (SSSR count). The molecule has 29 heteroatoms. The zero-order valence-corrected chi connectivity index (χ0v) is 64.5. The Kier molecular flexibility index (Phi) is 31.7. The van der Waals surface area contributed by atoms with Crippen LogP contribution in [0.2, 0.25) is 0 Å². The molecule has 2 heterocycles. The summed E-state index contributed by atoms with van der Waals surface area (Å²) in [6.07, 6.45) is -0.180. The van der Waals surface area contributed by atoms with E-state index in [9.17, 15) is 57.8 Å². The van der Waals surface area contributed by atoms with Crippen LogP contribution in [-0.4, -0.2) is 298 Å². The van der Waals surface area contributed by atoms with E-state index >= 15 is 14.4 Å². The maximum absolute atomic E-state index is 15.4. The summed E-state index contributed by atoms with van der Waals surface area (Å²) >= 11 is 0. The molecular weight excluding hydrogens is 1350 g/mol. The van der Waals surface area contributed by atoms with Gasteiger partial charge in [-0.1, -0.05) is 105 Å². The molecule has 29 nitrogen and oxygen atoms in total. The molecule has 0 unspecified atom stereocenters. The second-order valence-electron chi connectivity index (χ2n) is 28.6. The fourth-order valence-electron chi connectivity index (χ4n) is 12.8. The monoisotopic (exact) mass is 1460 g/mol. The lowest BCUT2D eigenvalue weighted by atomic mass is 9.99. The average Bonchev–Trinajstić information content (AvgIpc) is 0.819. The first-order valence-corrected chi connectivity index (χ1v) is 35.9. The number of carbonyl (C=O) groups excluding carboxylic acids is 14. The number of hydrogen-bond acceptors (Lipinski definition) is 15. The number of carbonyl (C=O) groups is 14. The molecule has 14 amide bonds. The Balaban J connectivity index is 1.62. The van der Waals surface area contributed by atoms with Crippen LogP contribution in [0.1, 0.15) is 118 Å². The molecule has 2 saturated heterocycles. The lowest BCUT2D eigenvalue weighted by Gasteiger charge is -2.38. The molecule has 5 N–H and O–H groups in total. The summed E-state index contributed by atoms with van der Waals surface area (Å²) < 4.78 is 0. The van der Waals surface area contributed by atoms with Crippen LogP contribution in [0, 0.1) is 5.92 Å². The smallest absolute Gasteiger partial charge is 0.248 e. The van der Waals surface area contributed by atoms with E-state index < -0.39 is 168 Å². The van der Waals surface area contributed by atoms with Gasteiger partial charge in [-0.2, -0.15) is 0 Å². The third-order valence-electron chi connectivity index (χ3n) is 20.6. The van der Waals surface area contributed by atoms with Crippen molar-refractivity contribution in [2.45, 2.75) is 205 Å². The van der Waals surface area contributed by atoms with Crippen LogP contribution in [-0.2, 0) is 86.4 Å². The molecule has 0 aromatic heterocycles. The standard InChI is InChI=1S/C76H112N14O15/c1-45(2)40-60-74(103)83(13)49(6)65(94)79-57(73(102)87(17)58(41-54-32-24-20-25-33-54)66(95)78-47(4)69(98)90-38-30-23-31-39-90)44-62(92)81(11)50(7)70(99)82(12)48(5)64(93)77-46(3)68(97)88(18)61(43-56-36-28-22-29-37-56)75(104)84(14)51(8)71(100)86(16)59(42-55-34-26-21-27-35-55)67(96)80-63(53(10)91)76(105)85(15)52(9)72(101)89(60)19/h20-22,24-29,32-37,45-53,57-61,63,91H,23,30-31,38-44H2,1-19H3,(H,77,93)(H,78,95)(H,79,94)(H,80,96)/t46-,47-,48-,49-,50+,51-,52-,53+,57-,58-,59-,60-,61-,63-/m0/s1. The first-order valence-electron chi connectivity index (χ1n) is 35.9. The summed E-state index contributed by atoms with van der Waals surface area (Å²) in [7, 11) is 11.9. The van der Waals surface area contributed by atoms with Crippen molar-refractivity contribution in [1.82, 2.24) is 70.3 Å². The second kappa shape index (κ2) is 38.8. The molecule has 3 aromatic rings. The largest absolute Gasteiger partial charge is 0.391 e. The Bertz CT molecular complexity index is 3560. The van der Waals surface area contributed by atoms with E-state index in [0.717, 1.165) is 63.4 Å². The van der Waals surface area contributed by atoms with Crippen molar-refractivity contribution in [2.24, 2.45) is 5.92 Å². The van der Waals surface area contributed by atoms with E-state index in [0.29, 0.717) is 29.8 Å². The third-order valence-corrected chi connectivity index (χ3v) is 20.6. The van der Waals surface area contributed by atoms with Crippen molar-refractivity contribution in [3.63, 3.8) is 0 Å². The van der Waals surface area contributed by atoms with Crippen molar-refractivity contribution in [1.29, 1.82) is 0 Å². The first-order chi connectivity index (χ1) is 49.2. The summed E-state index contributed by atoms with van der Waals surface area (Å²) in [5, 5.41) is 22.0. The highest BCUT2D eigenvalue weighted by molar-refractivity contribution is 6.01. The van der Waals surface area contributed by atoms with Gasteiger partial charge in [0.15, 0.2) is 0 Å². The number of likely N-dealkylation sites (tertiary alicyclic amines) is 1. The third kappa shape index (κ3) is 22.1. The van der Waals surface area contributed by atoms with Crippen molar-refractivity contribution in [2.75, 3.05) is 76.5 Å². The quantitative estimate of drug-likeness (QED) is 0.151. The Labute approximate surface area is 618 Å². The number of aliphatic hydroxyl groups excluding tert-OH is 1. The molecule has 0 radical (unpaired) electrons. The zero-order valence-electron chi connectivity index (χ0n) is 64.5. The van der Waals surface area contributed by atoms with Gasteiger partial charge < -0.3 is 75.4 Å². The van der Waals surface area contributed by atoms with Crippen molar-refractivity contribution in [3.05, 3.63) is 108 Å². The van der Waals surface area contributed by atoms with Gasteiger partial charge in [0.25, 0.3) is 0 Å². The van der Waals surface area contributed by atoms with Crippen LogP contribution in [0.3, 0.4) is 0 Å². The molecule has 105 heavy (non-hydrogen) atoms. The fourth-order valence-corrected chi connectivity index (χ4v) is 12.8. The first kappa shape index (κ1) is 85.8. The van der Waals surface area contributed by atoms with Gasteiger partial charge in [-0.05, 0) is 104 Å². The van der Waals surface area contributed by atoms with E-state index in [4.69, 9.17) is 0 Å². The van der Waals surface area contributed by atoms with Crippen LogP contribution in [0.25, 0.3) is 0 Å². The van der Waals surface area contributed by atoms with Crippen LogP contribution in [0.4, 0.5) is 0 Å². The minimum Gasteiger partial charge on any atom is -0.391 e. The summed E-state index contributed by atoms with van der Waals surface area (Å²) in [5.74, 6) is -11.3. The van der Waals surface area contributed by atoms with Gasteiger partial charge in [-0.25, -0.2) is 0 Å². The molecule has 0 spiro atoms. The van der Waals surface area contributed by atoms with Crippen molar-refractivity contribution < 1.29 is 72.2 Å². The van der Waals surface area contributed by atoms with Gasteiger partial charge >= 0.3 is 0 Å². The Hall–Kier alpha value is -9.80. The van der Waals surface area contributed by atoms with Gasteiger partial charge in [0.2, 0.25) is 82.7 Å². The van der Waals surface area contributed by atoms with Crippen LogP contribution < -0.4 is 21.3 Å². The predicted molar refractivity (Wildman–Crippen MR) is 393 cm³/mol. The maximum atomic E-state index is 15.4. The number of hydrogen-bond donors (Lipinski definition) is 5. The number of likely N-dealkylation sites (N-methyl/N-ethyl adjacent to an activating group) is 9. The van der Waals surface area contributed by atoms with Gasteiger partial charge in [-0.3, -0.25) is 67.1 Å². The highest BCUT2D eigenvalue weighted by atomic mass is 16.3. The molecule has 2 fully saturated rings. The predicted octanol–water partition coefficient (Wildman–Crippen LogP) is 1.08. The number of nitrogens with zero attached hydrogens (tertiary/aromatic N) is 10. The average molecular weight is 1460 g/mol. The summed E-state index contributed by atoms with van der Waals surface area (Å²) in [4.78, 5) is 217. The van der Waals surface area contributed by atoms with E-state index in [1.54, 1.807) is 117 Å². The molecule has 2 aliphatic heterocycles. The van der Waals surface area contributed by atoms with E-state index in [1.165, 1.54) is 112 Å². The Morgan fingerprint density at radius 2 is 0.886 bits per heavy atom. The molecule has 0 bridgehead atoms. The highest BCUT2D eigenvalue weighted by Crippen LogP contribution is 2.23. The van der Waals surface area contributed by atoms with E-state index in [1.807, 2.05) is 0 Å². The number of aliphatic hydroxyl groups is 1. The number of rotatable bonds is 14. The molecule has 576 valence electrons. The molecule has 0 aliphatic carbocycles. The topological polar surface area (TPSA) is 340 Å². The Morgan fingerprint density at radius 1 is 0.476 bits per heavy atom. The minimum absolute atomic E-state index is 0.0214. The number of benzene rings is 3. The van der Waals surface area contributed by atoms with Crippen LogP contribution in [0.15, 0.2) is 91.0 Å². The van der Waals surface area contributed by atoms with E-state index in [-0.39, 0.29) is 37.5 Å². The van der Waals surface area contributed by atoms with Crippen molar-refractivity contribution >= 4 is 82.7 Å². The molecule has 14 atom stereocenters. The minimum atomic E-state index is -1.82. The zero-order chi connectivity index (χ0) is 78.8. The molecular formula is C76H112N14O15. The van der Waals surface area contributed by atoms with Gasteiger partial charge in [-0.15, -0.1) is 0 Å². The van der Waals surface area contributed by atoms with Crippen LogP contribution >= 0.6 is 0 Å². The second-order valence-corrected chi connectivity index (χ2v) is 28.6. The summed E-state index contributed by atoms with van der Waals surface area (Å²) in [5.41, 5.74) is 1.83. The lowest BCUT2D eigenvalue weighted by Crippen LogP contribution is -2.62. The van der Waals surface area contributed by atoms with E-state index in [2.05, 4.69) is 21.3 Å². The highest BCUT2D eigenvalue weighted by Gasteiger charge is 2.44.